The molecule has 0 bridgehead atoms. The summed E-state index contributed by atoms with van der Waals surface area (Å²) in [5.41, 5.74) is 3.93. The summed E-state index contributed by atoms with van der Waals surface area (Å²) in [6.45, 7) is 7.54. The van der Waals surface area contributed by atoms with Gasteiger partial charge in [-0.3, -0.25) is 0 Å². The summed E-state index contributed by atoms with van der Waals surface area (Å²) in [5.74, 6) is 1.26. The molecule has 164 valence electrons. The Morgan fingerprint density at radius 3 is 2.71 bits per heavy atom. The Bertz CT molecular complexity index is 1040. The zero-order valence-electron chi connectivity index (χ0n) is 18.8. The fourth-order valence-electron chi connectivity index (χ4n) is 3.35. The second-order valence-corrected chi connectivity index (χ2v) is 7.73. The summed E-state index contributed by atoms with van der Waals surface area (Å²) < 4.78 is 2.04. The van der Waals surface area contributed by atoms with E-state index in [1.807, 2.05) is 62.1 Å². The predicted octanol–water partition coefficient (Wildman–Crippen LogP) is 4.17. The van der Waals surface area contributed by atoms with Crippen LogP contribution < -0.4 is 10.2 Å². The van der Waals surface area contributed by atoms with E-state index < -0.39 is 0 Å². The van der Waals surface area contributed by atoms with Crippen molar-refractivity contribution in [3.8, 4) is 0 Å². The second-order valence-electron chi connectivity index (χ2n) is 7.73. The predicted molar refractivity (Wildman–Crippen MR) is 127 cm³/mol. The highest BCUT2D eigenvalue weighted by Gasteiger charge is 2.18. The van der Waals surface area contributed by atoms with Crippen molar-refractivity contribution in [3.05, 3.63) is 66.0 Å². The van der Waals surface area contributed by atoms with Gasteiger partial charge in [-0.15, -0.1) is 0 Å². The van der Waals surface area contributed by atoms with E-state index in [1.54, 1.807) is 0 Å². The van der Waals surface area contributed by atoms with Crippen LogP contribution in [-0.4, -0.2) is 44.3 Å². The van der Waals surface area contributed by atoms with Crippen molar-refractivity contribution in [2.24, 2.45) is 0 Å². The molecule has 0 saturated carbocycles. The zero-order chi connectivity index (χ0) is 22.2. The Morgan fingerprint density at radius 2 is 2.03 bits per heavy atom. The highest BCUT2D eigenvalue weighted by molar-refractivity contribution is 5.85. The molecule has 7 heteroatoms. The van der Waals surface area contributed by atoms with Crippen molar-refractivity contribution in [3.63, 3.8) is 0 Å². The maximum absolute atomic E-state index is 9.63. The van der Waals surface area contributed by atoms with Crippen LogP contribution in [0.1, 0.15) is 32.8 Å². The van der Waals surface area contributed by atoms with Gasteiger partial charge in [0.2, 0.25) is 5.95 Å². The van der Waals surface area contributed by atoms with Crippen molar-refractivity contribution < 1.29 is 5.11 Å². The average Bonchev–Trinajstić information content (AvgIpc) is 3.18. The summed E-state index contributed by atoms with van der Waals surface area (Å²) in [5, 5.41) is 12.9. The Hall–Kier alpha value is -3.19. The molecular weight excluding hydrogens is 388 g/mol. The van der Waals surface area contributed by atoms with Crippen molar-refractivity contribution >= 4 is 22.9 Å². The minimum atomic E-state index is -0.0996. The minimum absolute atomic E-state index is 0.0253. The Labute approximate surface area is 184 Å². The molecule has 0 aliphatic carbocycles. The molecule has 2 aromatic heterocycles. The molecule has 0 amide bonds. The van der Waals surface area contributed by atoms with Crippen LogP contribution in [-0.2, 0) is 13.1 Å². The molecule has 0 aliphatic rings. The lowest BCUT2D eigenvalue weighted by Crippen LogP contribution is -2.25. The standard InChI is InChI=1S/C24H32N6O/c1-5-7-11-18(3)14-30-17-25-21-22(29(4)15-19-12-9-8-10-13-19)27-24(28-23(21)30)26-20(6-2)16-31/h5,7-13,17,20,31H,6,14-16H2,1-4H3,(H,26,27,28)/b7-5-,18-11+/t20-/m1/s1. The van der Waals surface area contributed by atoms with E-state index in [9.17, 15) is 5.11 Å². The molecule has 0 saturated heterocycles. The molecule has 0 aliphatic heterocycles. The number of hydrogen-bond acceptors (Lipinski definition) is 6. The van der Waals surface area contributed by atoms with Gasteiger partial charge in [-0.05, 0) is 25.8 Å². The molecule has 0 radical (unpaired) electrons. The van der Waals surface area contributed by atoms with E-state index in [2.05, 4.69) is 40.3 Å². The lowest BCUT2D eigenvalue weighted by atomic mass is 10.2. The number of fused-ring (bicyclic) bond motifs is 1. The fraction of sp³-hybridized carbons (Fsp3) is 0.375. The maximum Gasteiger partial charge on any atom is 0.227 e. The van der Waals surface area contributed by atoms with E-state index >= 15 is 0 Å². The number of allylic oxidation sites excluding steroid dienone is 4. The van der Waals surface area contributed by atoms with Gasteiger partial charge in [-0.2, -0.15) is 9.97 Å². The number of aliphatic hydroxyl groups is 1. The molecule has 7 nitrogen and oxygen atoms in total. The summed E-state index contributed by atoms with van der Waals surface area (Å²) in [6.07, 6.45) is 8.73. The number of aromatic nitrogens is 4. The van der Waals surface area contributed by atoms with Crippen LogP contribution in [0, 0.1) is 0 Å². The van der Waals surface area contributed by atoms with Gasteiger partial charge in [0, 0.05) is 20.1 Å². The van der Waals surface area contributed by atoms with E-state index in [4.69, 9.17) is 9.97 Å². The van der Waals surface area contributed by atoms with Crippen molar-refractivity contribution in [1.82, 2.24) is 19.5 Å². The van der Waals surface area contributed by atoms with E-state index in [-0.39, 0.29) is 12.6 Å². The van der Waals surface area contributed by atoms with Crippen molar-refractivity contribution in [2.75, 3.05) is 23.9 Å². The number of nitrogens with one attached hydrogen (secondary N) is 1. The largest absolute Gasteiger partial charge is 0.394 e. The van der Waals surface area contributed by atoms with Gasteiger partial charge >= 0.3 is 0 Å². The molecule has 2 N–H and O–H groups in total. The molecule has 0 fully saturated rings. The van der Waals surface area contributed by atoms with Gasteiger partial charge in [-0.1, -0.05) is 61.1 Å². The number of benzene rings is 1. The third kappa shape index (κ3) is 5.70. The lowest BCUT2D eigenvalue weighted by molar-refractivity contribution is 0.271. The highest BCUT2D eigenvalue weighted by Crippen LogP contribution is 2.25. The molecule has 3 rings (SSSR count). The van der Waals surface area contributed by atoms with Crippen molar-refractivity contribution in [1.29, 1.82) is 0 Å². The van der Waals surface area contributed by atoms with Crippen LogP contribution in [0.3, 0.4) is 0 Å². The Balaban J connectivity index is 2.02. The molecule has 2 heterocycles. The molecule has 1 aromatic carbocycles. The molecule has 0 unspecified atom stereocenters. The van der Waals surface area contributed by atoms with Crippen LogP contribution in [0.5, 0.6) is 0 Å². The quantitative estimate of drug-likeness (QED) is 0.479. The van der Waals surface area contributed by atoms with Crippen LogP contribution >= 0.6 is 0 Å². The first kappa shape index (κ1) is 22.5. The lowest BCUT2D eigenvalue weighted by Gasteiger charge is -2.21. The fourth-order valence-corrected chi connectivity index (χ4v) is 3.35. The van der Waals surface area contributed by atoms with Crippen molar-refractivity contribution in [2.45, 2.75) is 46.3 Å². The Kier molecular flexibility index (Phi) is 7.78. The van der Waals surface area contributed by atoms with Gasteiger partial charge in [0.25, 0.3) is 0 Å². The van der Waals surface area contributed by atoms with Gasteiger partial charge in [0.15, 0.2) is 17.0 Å². The zero-order valence-corrected chi connectivity index (χ0v) is 18.8. The summed E-state index contributed by atoms with van der Waals surface area (Å²) >= 11 is 0. The average molecular weight is 421 g/mol. The Morgan fingerprint density at radius 1 is 1.26 bits per heavy atom. The number of imidazole rings is 1. The van der Waals surface area contributed by atoms with E-state index in [0.717, 1.165) is 23.4 Å². The number of hydrogen-bond donors (Lipinski definition) is 2. The van der Waals surface area contributed by atoms with Crippen LogP contribution in [0.2, 0.25) is 0 Å². The smallest absolute Gasteiger partial charge is 0.227 e. The minimum Gasteiger partial charge on any atom is -0.394 e. The summed E-state index contributed by atoms with van der Waals surface area (Å²) in [7, 11) is 2.01. The first-order chi connectivity index (χ1) is 15.0. The van der Waals surface area contributed by atoms with Gasteiger partial charge < -0.3 is 19.9 Å². The number of aliphatic hydroxyl groups excluding tert-OH is 1. The third-order valence-electron chi connectivity index (χ3n) is 5.11. The maximum atomic E-state index is 9.63. The monoisotopic (exact) mass is 420 g/mol. The summed E-state index contributed by atoms with van der Waals surface area (Å²) in [6, 6.07) is 10.2. The topological polar surface area (TPSA) is 79.1 Å². The van der Waals surface area contributed by atoms with Crippen LogP contribution in [0.4, 0.5) is 11.8 Å². The highest BCUT2D eigenvalue weighted by atomic mass is 16.3. The molecule has 0 spiro atoms. The van der Waals surface area contributed by atoms with Gasteiger partial charge in [0.1, 0.15) is 0 Å². The number of anilines is 2. The van der Waals surface area contributed by atoms with Gasteiger partial charge in [-0.25, -0.2) is 4.98 Å². The van der Waals surface area contributed by atoms with Crippen LogP contribution in [0.25, 0.3) is 11.2 Å². The molecule has 31 heavy (non-hydrogen) atoms. The SMILES string of the molecule is C/C=C\C=C(/C)Cn1cnc2c(N(C)Cc3ccccc3)nc(N[C@H](CC)CO)nc21. The van der Waals surface area contributed by atoms with Crippen LogP contribution in [0.15, 0.2) is 60.5 Å². The molecular formula is C24H32N6O. The first-order valence-electron chi connectivity index (χ1n) is 10.7. The summed E-state index contributed by atoms with van der Waals surface area (Å²) in [4.78, 5) is 16.3. The van der Waals surface area contributed by atoms with E-state index in [1.165, 1.54) is 11.1 Å². The van der Waals surface area contributed by atoms with E-state index in [0.29, 0.717) is 19.0 Å². The normalized spacial score (nSPS) is 13.1. The first-order valence-corrected chi connectivity index (χ1v) is 10.7. The number of rotatable bonds is 10. The van der Waals surface area contributed by atoms with Gasteiger partial charge in [0.05, 0.1) is 19.0 Å². The molecule has 3 aromatic rings. The molecule has 1 atom stereocenters. The third-order valence-corrected chi connectivity index (χ3v) is 5.11. The number of nitrogens with zero attached hydrogens (tertiary/aromatic N) is 5. The second kappa shape index (κ2) is 10.7.